The normalized spacial score (nSPS) is 20.1. The molecule has 0 saturated carbocycles. The van der Waals surface area contributed by atoms with Gasteiger partial charge in [-0.1, -0.05) is 24.3 Å². The zero-order chi connectivity index (χ0) is 16.7. The predicted octanol–water partition coefficient (Wildman–Crippen LogP) is 1.92. The molecule has 1 heterocycles. The van der Waals surface area contributed by atoms with Gasteiger partial charge in [0, 0.05) is 7.05 Å². The SMILES string of the molecule is CON(C)C(=O)[C@@H]1C/C=C\CCCOc2ccccc2C(=O)N1. The number of hydroxylamine groups is 2. The summed E-state index contributed by atoms with van der Waals surface area (Å²) in [5.41, 5.74) is 0.426. The van der Waals surface area contributed by atoms with Crippen LogP contribution in [0.25, 0.3) is 0 Å². The number of fused-ring (bicyclic) bond motifs is 1. The molecule has 1 N–H and O–H groups in total. The Morgan fingerprint density at radius 1 is 1.35 bits per heavy atom. The first-order valence-electron chi connectivity index (χ1n) is 7.63. The van der Waals surface area contributed by atoms with Crippen molar-refractivity contribution in [1.82, 2.24) is 10.4 Å². The topological polar surface area (TPSA) is 67.9 Å². The van der Waals surface area contributed by atoms with E-state index >= 15 is 0 Å². The molecule has 0 saturated heterocycles. The highest BCUT2D eigenvalue weighted by molar-refractivity contribution is 5.99. The van der Waals surface area contributed by atoms with Crippen molar-refractivity contribution in [2.45, 2.75) is 25.3 Å². The van der Waals surface area contributed by atoms with E-state index in [1.807, 2.05) is 18.2 Å². The smallest absolute Gasteiger partial charge is 0.268 e. The number of para-hydroxylation sites is 1. The van der Waals surface area contributed by atoms with Gasteiger partial charge in [-0.2, -0.15) is 0 Å². The van der Waals surface area contributed by atoms with E-state index in [-0.39, 0.29) is 11.8 Å². The molecule has 124 valence electrons. The highest BCUT2D eigenvalue weighted by Crippen LogP contribution is 2.19. The fourth-order valence-electron chi connectivity index (χ4n) is 2.28. The van der Waals surface area contributed by atoms with Crippen LogP contribution in [0.3, 0.4) is 0 Å². The minimum atomic E-state index is -0.684. The van der Waals surface area contributed by atoms with Crippen molar-refractivity contribution in [3.8, 4) is 5.75 Å². The van der Waals surface area contributed by atoms with E-state index in [2.05, 4.69) is 5.32 Å². The maximum Gasteiger partial charge on any atom is 0.268 e. The van der Waals surface area contributed by atoms with Crippen LogP contribution in [0.15, 0.2) is 36.4 Å². The molecule has 0 bridgehead atoms. The lowest BCUT2D eigenvalue weighted by Gasteiger charge is -2.22. The summed E-state index contributed by atoms with van der Waals surface area (Å²) < 4.78 is 5.68. The van der Waals surface area contributed by atoms with Crippen LogP contribution < -0.4 is 10.1 Å². The summed E-state index contributed by atoms with van der Waals surface area (Å²) in [6.07, 6.45) is 6.03. The van der Waals surface area contributed by atoms with Crippen LogP contribution >= 0.6 is 0 Å². The van der Waals surface area contributed by atoms with Crippen molar-refractivity contribution in [2.24, 2.45) is 0 Å². The van der Waals surface area contributed by atoms with Gasteiger partial charge in [0.1, 0.15) is 11.8 Å². The number of carbonyl (C=O) groups excluding carboxylic acids is 2. The van der Waals surface area contributed by atoms with Gasteiger partial charge in [-0.25, -0.2) is 5.06 Å². The second kappa shape index (κ2) is 8.33. The van der Waals surface area contributed by atoms with Crippen molar-refractivity contribution < 1.29 is 19.2 Å². The van der Waals surface area contributed by atoms with Crippen LogP contribution in [-0.2, 0) is 9.63 Å². The van der Waals surface area contributed by atoms with Gasteiger partial charge in [0.05, 0.1) is 19.3 Å². The van der Waals surface area contributed by atoms with Crippen LogP contribution in [-0.4, -0.2) is 43.7 Å². The second-order valence-electron chi connectivity index (χ2n) is 5.24. The van der Waals surface area contributed by atoms with Crippen LogP contribution in [0.2, 0.25) is 0 Å². The highest BCUT2D eigenvalue weighted by atomic mass is 16.7. The molecule has 0 aliphatic carbocycles. The minimum Gasteiger partial charge on any atom is -0.493 e. The van der Waals surface area contributed by atoms with Crippen molar-refractivity contribution in [3.63, 3.8) is 0 Å². The third kappa shape index (κ3) is 4.56. The Labute approximate surface area is 136 Å². The lowest BCUT2D eigenvalue weighted by Crippen LogP contribution is -2.46. The van der Waals surface area contributed by atoms with Gasteiger partial charge in [0.15, 0.2) is 0 Å². The van der Waals surface area contributed by atoms with Crippen molar-refractivity contribution >= 4 is 11.8 Å². The lowest BCUT2D eigenvalue weighted by atomic mass is 10.1. The zero-order valence-electron chi connectivity index (χ0n) is 13.5. The monoisotopic (exact) mass is 318 g/mol. The zero-order valence-corrected chi connectivity index (χ0v) is 13.5. The number of hydrogen-bond donors (Lipinski definition) is 1. The van der Waals surface area contributed by atoms with Gasteiger partial charge in [-0.15, -0.1) is 0 Å². The molecule has 1 aliphatic heterocycles. The Balaban J connectivity index is 2.25. The summed E-state index contributed by atoms with van der Waals surface area (Å²) in [4.78, 5) is 29.8. The second-order valence-corrected chi connectivity index (χ2v) is 5.24. The quantitative estimate of drug-likeness (QED) is 0.668. The summed E-state index contributed by atoms with van der Waals surface area (Å²) in [5, 5.41) is 3.88. The first-order valence-corrected chi connectivity index (χ1v) is 7.63. The first kappa shape index (κ1) is 17.0. The van der Waals surface area contributed by atoms with Crippen LogP contribution in [0.5, 0.6) is 5.75 Å². The Kier molecular flexibility index (Phi) is 6.17. The molecule has 6 heteroatoms. The molecule has 6 nitrogen and oxygen atoms in total. The number of amides is 2. The summed E-state index contributed by atoms with van der Waals surface area (Å²) in [7, 11) is 2.93. The molecular formula is C17H22N2O4. The van der Waals surface area contributed by atoms with Gasteiger partial charge < -0.3 is 10.1 Å². The summed E-state index contributed by atoms with van der Waals surface area (Å²) in [6.45, 7) is 0.545. The Morgan fingerprint density at radius 2 is 2.13 bits per heavy atom. The fraction of sp³-hybridized carbons (Fsp3) is 0.412. The molecular weight excluding hydrogens is 296 g/mol. The van der Waals surface area contributed by atoms with E-state index in [9.17, 15) is 9.59 Å². The van der Waals surface area contributed by atoms with Crippen molar-refractivity contribution in [3.05, 3.63) is 42.0 Å². The minimum absolute atomic E-state index is 0.305. The number of benzene rings is 1. The summed E-state index contributed by atoms with van der Waals surface area (Å²) >= 11 is 0. The van der Waals surface area contributed by atoms with E-state index in [1.54, 1.807) is 18.2 Å². The van der Waals surface area contributed by atoms with E-state index in [1.165, 1.54) is 14.2 Å². The molecule has 0 unspecified atom stereocenters. The molecule has 1 aromatic carbocycles. The van der Waals surface area contributed by atoms with Crippen LogP contribution in [0.1, 0.15) is 29.6 Å². The van der Waals surface area contributed by atoms with Gasteiger partial charge in [0.25, 0.3) is 11.8 Å². The highest BCUT2D eigenvalue weighted by Gasteiger charge is 2.25. The predicted molar refractivity (Wildman–Crippen MR) is 86.0 cm³/mol. The largest absolute Gasteiger partial charge is 0.493 e. The molecule has 2 rings (SSSR count). The molecule has 1 aromatic rings. The third-order valence-electron chi connectivity index (χ3n) is 3.63. The number of nitrogens with zero attached hydrogens (tertiary/aromatic N) is 1. The van der Waals surface area contributed by atoms with Crippen molar-refractivity contribution in [1.29, 1.82) is 0 Å². The van der Waals surface area contributed by atoms with Gasteiger partial charge in [-0.05, 0) is 31.4 Å². The van der Waals surface area contributed by atoms with Gasteiger partial charge in [0.2, 0.25) is 0 Å². The van der Waals surface area contributed by atoms with E-state index in [0.29, 0.717) is 24.3 Å². The summed E-state index contributed by atoms with van der Waals surface area (Å²) in [6, 6.07) is 6.35. The number of ether oxygens (including phenoxy) is 1. The molecule has 0 spiro atoms. The fourth-order valence-corrected chi connectivity index (χ4v) is 2.28. The Morgan fingerprint density at radius 3 is 2.91 bits per heavy atom. The molecule has 1 atom stereocenters. The lowest BCUT2D eigenvalue weighted by molar-refractivity contribution is -0.170. The summed E-state index contributed by atoms with van der Waals surface area (Å²) in [5.74, 6) is -0.112. The Hall–Kier alpha value is -2.34. The third-order valence-corrected chi connectivity index (χ3v) is 3.63. The van der Waals surface area contributed by atoms with E-state index in [0.717, 1.165) is 17.9 Å². The van der Waals surface area contributed by atoms with E-state index < -0.39 is 6.04 Å². The number of likely N-dealkylation sites (N-methyl/N-ethyl adjacent to an activating group) is 1. The average Bonchev–Trinajstić information content (AvgIpc) is 2.57. The maximum absolute atomic E-state index is 12.5. The maximum atomic E-state index is 12.5. The van der Waals surface area contributed by atoms with Gasteiger partial charge >= 0.3 is 0 Å². The molecule has 1 aliphatic rings. The standard InChI is InChI=1S/C17H22N2O4/c1-19(22-2)17(21)14-10-5-3-4-8-12-23-15-11-7-6-9-13(15)16(20)18-14/h3,5-7,9,11,14H,4,8,10,12H2,1-2H3,(H,18,20)/b5-3-/t14-/m0/s1. The Bertz CT molecular complexity index is 586. The van der Waals surface area contributed by atoms with Gasteiger partial charge in [-0.3, -0.25) is 14.4 Å². The van der Waals surface area contributed by atoms with Crippen LogP contribution in [0, 0.1) is 0 Å². The number of rotatable bonds is 2. The molecule has 2 amide bonds. The molecule has 0 aromatic heterocycles. The van der Waals surface area contributed by atoms with Crippen LogP contribution in [0.4, 0.5) is 0 Å². The number of nitrogens with one attached hydrogen (secondary N) is 1. The van der Waals surface area contributed by atoms with Crippen molar-refractivity contribution in [2.75, 3.05) is 20.8 Å². The first-order chi connectivity index (χ1) is 11.1. The molecule has 0 radical (unpaired) electrons. The molecule has 23 heavy (non-hydrogen) atoms. The average molecular weight is 318 g/mol. The molecule has 0 fully saturated rings. The number of hydrogen-bond acceptors (Lipinski definition) is 4. The number of carbonyl (C=O) groups is 2. The number of allylic oxidation sites excluding steroid dienone is 1. The van der Waals surface area contributed by atoms with E-state index in [4.69, 9.17) is 9.57 Å².